The zero-order valence-corrected chi connectivity index (χ0v) is 13.7. The smallest absolute Gasteiger partial charge is 0.255 e. The van der Waals surface area contributed by atoms with E-state index in [1.807, 2.05) is 55.4 Å². The number of hydrogen-bond acceptors (Lipinski definition) is 4. The maximum absolute atomic E-state index is 12.5. The zero-order valence-electron chi connectivity index (χ0n) is 13.7. The summed E-state index contributed by atoms with van der Waals surface area (Å²) in [6, 6.07) is 14.6. The van der Waals surface area contributed by atoms with Crippen LogP contribution in [0, 0.1) is 0 Å². The van der Waals surface area contributed by atoms with E-state index < -0.39 is 0 Å². The zero-order chi connectivity index (χ0) is 17.1. The highest BCUT2D eigenvalue weighted by atomic mass is 16.3. The van der Waals surface area contributed by atoms with Crippen molar-refractivity contribution in [2.45, 2.75) is 6.04 Å². The van der Waals surface area contributed by atoms with E-state index in [0.717, 1.165) is 16.5 Å². The Morgan fingerprint density at radius 1 is 1.17 bits per heavy atom. The minimum atomic E-state index is -0.309. The predicted octanol–water partition coefficient (Wildman–Crippen LogP) is 3.17. The SMILES string of the molecule is CN(C)[C@H](CNC(=O)c1cc2ccccc2cc1O)c1ccco1. The molecular formula is C19H20N2O3. The van der Waals surface area contributed by atoms with Gasteiger partial charge < -0.3 is 14.8 Å². The number of aromatic hydroxyl groups is 1. The average molecular weight is 324 g/mol. The Kier molecular flexibility index (Phi) is 4.53. The molecule has 0 bridgehead atoms. The number of amides is 1. The van der Waals surface area contributed by atoms with Crippen molar-refractivity contribution < 1.29 is 14.3 Å². The number of phenolic OH excluding ortho intramolecular Hbond substituents is 1. The molecule has 0 spiro atoms. The normalized spacial score (nSPS) is 12.5. The molecule has 0 aliphatic carbocycles. The van der Waals surface area contributed by atoms with Crippen LogP contribution in [0.2, 0.25) is 0 Å². The van der Waals surface area contributed by atoms with E-state index in [1.165, 1.54) is 0 Å². The van der Waals surface area contributed by atoms with Crippen molar-refractivity contribution in [2.24, 2.45) is 0 Å². The van der Waals surface area contributed by atoms with Gasteiger partial charge >= 0.3 is 0 Å². The van der Waals surface area contributed by atoms with Crippen LogP contribution in [0.3, 0.4) is 0 Å². The second-order valence-corrected chi connectivity index (χ2v) is 5.92. The molecule has 0 fully saturated rings. The third-order valence-corrected chi connectivity index (χ3v) is 4.06. The minimum absolute atomic E-state index is 0.0226. The van der Waals surface area contributed by atoms with Gasteiger partial charge in [0.05, 0.1) is 17.9 Å². The van der Waals surface area contributed by atoms with Crippen molar-refractivity contribution in [3.63, 3.8) is 0 Å². The van der Waals surface area contributed by atoms with Gasteiger partial charge in [-0.15, -0.1) is 0 Å². The summed E-state index contributed by atoms with van der Waals surface area (Å²) < 4.78 is 5.43. The summed E-state index contributed by atoms with van der Waals surface area (Å²) in [4.78, 5) is 14.5. The Hall–Kier alpha value is -2.79. The predicted molar refractivity (Wildman–Crippen MR) is 93.1 cm³/mol. The molecule has 1 amide bonds. The number of hydrogen-bond donors (Lipinski definition) is 2. The highest BCUT2D eigenvalue weighted by Gasteiger charge is 2.19. The number of furan rings is 1. The Balaban J connectivity index is 1.78. The Morgan fingerprint density at radius 3 is 2.50 bits per heavy atom. The third-order valence-electron chi connectivity index (χ3n) is 4.06. The molecule has 3 rings (SSSR count). The highest BCUT2D eigenvalue weighted by molar-refractivity contribution is 6.01. The van der Waals surface area contributed by atoms with Gasteiger partial charge in [0.25, 0.3) is 5.91 Å². The van der Waals surface area contributed by atoms with Crippen LogP contribution in [-0.2, 0) is 0 Å². The van der Waals surface area contributed by atoms with Crippen LogP contribution < -0.4 is 5.32 Å². The van der Waals surface area contributed by atoms with Gasteiger partial charge in [-0.1, -0.05) is 24.3 Å². The molecule has 0 saturated heterocycles. The van der Waals surface area contributed by atoms with Crippen molar-refractivity contribution >= 4 is 16.7 Å². The second kappa shape index (κ2) is 6.76. The first kappa shape index (κ1) is 16.1. The number of rotatable bonds is 5. The lowest BCUT2D eigenvalue weighted by molar-refractivity contribution is 0.0936. The molecule has 2 aromatic carbocycles. The van der Waals surface area contributed by atoms with Crippen molar-refractivity contribution in [3.05, 3.63) is 66.1 Å². The number of fused-ring (bicyclic) bond motifs is 1. The van der Waals surface area contributed by atoms with Gasteiger partial charge in [-0.2, -0.15) is 0 Å². The van der Waals surface area contributed by atoms with Crippen LogP contribution in [0.5, 0.6) is 5.75 Å². The quantitative estimate of drug-likeness (QED) is 0.756. The van der Waals surface area contributed by atoms with Gasteiger partial charge in [0.15, 0.2) is 0 Å². The first-order valence-electron chi connectivity index (χ1n) is 7.76. The fraction of sp³-hybridized carbons (Fsp3) is 0.211. The molecule has 1 heterocycles. The van der Waals surface area contributed by atoms with Crippen molar-refractivity contribution in [2.75, 3.05) is 20.6 Å². The van der Waals surface area contributed by atoms with Crippen LogP contribution >= 0.6 is 0 Å². The molecule has 2 N–H and O–H groups in total. The van der Waals surface area contributed by atoms with Crippen molar-refractivity contribution in [3.8, 4) is 5.75 Å². The van der Waals surface area contributed by atoms with E-state index in [-0.39, 0.29) is 23.3 Å². The fourth-order valence-electron chi connectivity index (χ4n) is 2.71. The lowest BCUT2D eigenvalue weighted by atomic mass is 10.1. The molecule has 0 aliphatic heterocycles. The second-order valence-electron chi connectivity index (χ2n) is 5.92. The summed E-state index contributed by atoms with van der Waals surface area (Å²) in [5.41, 5.74) is 0.269. The van der Waals surface area contributed by atoms with Crippen molar-refractivity contribution in [1.29, 1.82) is 0 Å². The molecule has 0 radical (unpaired) electrons. The summed E-state index contributed by atoms with van der Waals surface area (Å²) in [7, 11) is 3.85. The van der Waals surface area contributed by atoms with Crippen LogP contribution in [0.15, 0.2) is 59.2 Å². The lowest BCUT2D eigenvalue weighted by Gasteiger charge is -2.22. The maximum atomic E-state index is 12.5. The Labute approximate surface area is 140 Å². The van der Waals surface area contributed by atoms with E-state index in [2.05, 4.69) is 5.32 Å². The molecule has 5 nitrogen and oxygen atoms in total. The van der Waals surface area contributed by atoms with E-state index in [9.17, 15) is 9.90 Å². The number of carbonyl (C=O) groups is 1. The van der Waals surface area contributed by atoms with Gasteiger partial charge in [0.2, 0.25) is 0 Å². The molecule has 124 valence electrons. The fourth-order valence-corrected chi connectivity index (χ4v) is 2.71. The monoisotopic (exact) mass is 324 g/mol. The summed E-state index contributed by atoms with van der Waals surface area (Å²) in [5.74, 6) is 0.449. The molecule has 0 aliphatic rings. The highest BCUT2D eigenvalue weighted by Crippen LogP contribution is 2.25. The molecule has 0 saturated carbocycles. The van der Waals surface area contributed by atoms with E-state index >= 15 is 0 Å². The van der Waals surface area contributed by atoms with Crippen LogP contribution in [-0.4, -0.2) is 36.6 Å². The molecule has 1 atom stereocenters. The molecule has 24 heavy (non-hydrogen) atoms. The van der Waals surface area contributed by atoms with Gasteiger partial charge in [0, 0.05) is 6.54 Å². The summed E-state index contributed by atoms with van der Waals surface area (Å²) in [6.45, 7) is 0.381. The maximum Gasteiger partial charge on any atom is 0.255 e. The van der Waals surface area contributed by atoms with Crippen LogP contribution in [0.25, 0.3) is 10.8 Å². The third kappa shape index (κ3) is 3.26. The first-order valence-corrected chi connectivity index (χ1v) is 7.76. The van der Waals surface area contributed by atoms with Crippen LogP contribution in [0.1, 0.15) is 22.2 Å². The topological polar surface area (TPSA) is 65.7 Å². The van der Waals surface area contributed by atoms with E-state index in [1.54, 1.807) is 18.4 Å². The Bertz CT molecular complexity index is 841. The summed E-state index contributed by atoms with van der Waals surface area (Å²) in [5, 5.41) is 14.8. The van der Waals surface area contributed by atoms with Gasteiger partial charge in [-0.05, 0) is 49.1 Å². The summed E-state index contributed by atoms with van der Waals surface area (Å²) in [6.07, 6.45) is 1.61. The van der Waals surface area contributed by atoms with Gasteiger partial charge in [-0.3, -0.25) is 9.69 Å². The number of nitrogens with zero attached hydrogens (tertiary/aromatic N) is 1. The minimum Gasteiger partial charge on any atom is -0.507 e. The standard InChI is InChI=1S/C19H20N2O3/c1-21(2)16(18-8-5-9-24-18)12-20-19(23)15-10-13-6-3-4-7-14(13)11-17(15)22/h3-11,16,22H,12H2,1-2H3,(H,20,23)/t16-/m1/s1. The largest absolute Gasteiger partial charge is 0.507 e. The van der Waals surface area contributed by atoms with Gasteiger partial charge in [0.1, 0.15) is 11.5 Å². The molecule has 1 aromatic heterocycles. The molecule has 3 aromatic rings. The van der Waals surface area contributed by atoms with E-state index in [4.69, 9.17) is 4.42 Å². The number of phenols is 1. The first-order chi connectivity index (χ1) is 11.6. The average Bonchev–Trinajstić information content (AvgIpc) is 3.08. The Morgan fingerprint density at radius 2 is 1.88 bits per heavy atom. The van der Waals surface area contributed by atoms with E-state index in [0.29, 0.717) is 6.54 Å². The number of carbonyl (C=O) groups excluding carboxylic acids is 1. The van der Waals surface area contributed by atoms with Gasteiger partial charge in [-0.25, -0.2) is 0 Å². The number of nitrogens with one attached hydrogen (secondary N) is 1. The lowest BCUT2D eigenvalue weighted by Crippen LogP contribution is -2.34. The number of likely N-dealkylation sites (N-methyl/N-ethyl adjacent to an activating group) is 1. The molecular weight excluding hydrogens is 304 g/mol. The molecule has 5 heteroatoms. The van der Waals surface area contributed by atoms with Crippen LogP contribution in [0.4, 0.5) is 0 Å². The number of benzene rings is 2. The van der Waals surface area contributed by atoms with Crippen molar-refractivity contribution in [1.82, 2.24) is 10.2 Å². The molecule has 0 unspecified atom stereocenters. The summed E-state index contributed by atoms with van der Waals surface area (Å²) >= 11 is 0.